The van der Waals surface area contributed by atoms with Crippen LogP contribution in [0.2, 0.25) is 0 Å². The van der Waals surface area contributed by atoms with Gasteiger partial charge >= 0.3 is 0 Å². The minimum absolute atomic E-state index is 0.567. The lowest BCUT2D eigenvalue weighted by Gasteiger charge is -2.10. The number of methoxy groups -OCH3 is 1. The van der Waals surface area contributed by atoms with Crippen LogP contribution in [0.1, 0.15) is 50.2 Å². The number of aromatic nitrogens is 2. The van der Waals surface area contributed by atoms with Crippen molar-refractivity contribution in [1.82, 2.24) is 9.97 Å². The molecule has 138 valence electrons. The first-order valence-electron chi connectivity index (χ1n) is 9.52. The number of ether oxygens (including phenoxy) is 1. The third-order valence-electron chi connectivity index (χ3n) is 5.23. The Morgan fingerprint density at radius 1 is 1.19 bits per heavy atom. The van der Waals surface area contributed by atoms with E-state index < -0.39 is 0 Å². The van der Waals surface area contributed by atoms with Gasteiger partial charge in [0.05, 0.1) is 12.8 Å². The highest BCUT2D eigenvalue weighted by atomic mass is 16.5. The Labute approximate surface area is 155 Å². The highest BCUT2D eigenvalue weighted by Crippen LogP contribution is 2.34. The summed E-state index contributed by atoms with van der Waals surface area (Å²) in [6.45, 7) is 5.26. The van der Waals surface area contributed by atoms with Crippen molar-refractivity contribution >= 4 is 10.9 Å². The molecule has 0 saturated heterocycles. The Balaban J connectivity index is 2.08. The van der Waals surface area contributed by atoms with Crippen LogP contribution >= 0.6 is 0 Å². The molecule has 0 aliphatic rings. The zero-order valence-corrected chi connectivity index (χ0v) is 16.0. The standard InChI is InChI=1S/C22H29N3O/c1-4-15(2)16-8-10-20-19(13-16)18(7-5-6-12-23)22(25-20)17-9-11-21(26-3)24-14-17/h8-11,13-15,25H,4-7,12,23H2,1-3H3. The van der Waals surface area contributed by atoms with Gasteiger partial charge in [-0.25, -0.2) is 4.98 Å². The largest absolute Gasteiger partial charge is 0.481 e. The highest BCUT2D eigenvalue weighted by molar-refractivity contribution is 5.91. The average molecular weight is 351 g/mol. The monoisotopic (exact) mass is 351 g/mol. The number of fused-ring (bicyclic) bond motifs is 1. The molecule has 4 nitrogen and oxygen atoms in total. The number of aromatic amines is 1. The van der Waals surface area contributed by atoms with Crippen LogP contribution in [0.4, 0.5) is 0 Å². The SMILES string of the molecule is CCC(C)c1ccc2[nH]c(-c3ccc(OC)nc3)c(CCCCN)c2c1. The van der Waals surface area contributed by atoms with E-state index in [1.54, 1.807) is 7.11 Å². The smallest absolute Gasteiger partial charge is 0.212 e. The fourth-order valence-electron chi connectivity index (χ4n) is 3.41. The molecule has 3 N–H and O–H groups in total. The summed E-state index contributed by atoms with van der Waals surface area (Å²) in [5.41, 5.74) is 11.9. The van der Waals surface area contributed by atoms with Gasteiger partial charge in [0.25, 0.3) is 0 Å². The second-order valence-electron chi connectivity index (χ2n) is 6.93. The van der Waals surface area contributed by atoms with E-state index in [1.165, 1.54) is 22.0 Å². The van der Waals surface area contributed by atoms with E-state index in [-0.39, 0.29) is 0 Å². The van der Waals surface area contributed by atoms with Crippen molar-refractivity contribution in [2.45, 2.75) is 45.4 Å². The number of benzene rings is 1. The lowest BCUT2D eigenvalue weighted by molar-refractivity contribution is 0.398. The summed E-state index contributed by atoms with van der Waals surface area (Å²) in [6.07, 6.45) is 6.17. The van der Waals surface area contributed by atoms with Crippen LogP contribution in [-0.2, 0) is 6.42 Å². The molecule has 1 unspecified atom stereocenters. The maximum absolute atomic E-state index is 5.71. The molecule has 3 rings (SSSR count). The van der Waals surface area contributed by atoms with Gasteiger partial charge in [0.1, 0.15) is 0 Å². The van der Waals surface area contributed by atoms with Crippen molar-refractivity contribution < 1.29 is 4.74 Å². The first-order chi connectivity index (χ1) is 12.7. The number of nitrogens with two attached hydrogens (primary N) is 1. The molecule has 1 atom stereocenters. The second kappa shape index (κ2) is 8.37. The molecule has 0 aliphatic heterocycles. The molecule has 0 bridgehead atoms. The van der Waals surface area contributed by atoms with Crippen molar-refractivity contribution in [2.75, 3.05) is 13.7 Å². The van der Waals surface area contributed by atoms with Crippen LogP contribution in [0.5, 0.6) is 5.88 Å². The zero-order chi connectivity index (χ0) is 18.5. The molecule has 2 heterocycles. The van der Waals surface area contributed by atoms with E-state index in [2.05, 4.69) is 48.1 Å². The molecule has 0 spiro atoms. The number of pyridine rings is 1. The Morgan fingerprint density at radius 2 is 2.04 bits per heavy atom. The van der Waals surface area contributed by atoms with Gasteiger partial charge in [-0.15, -0.1) is 0 Å². The Kier molecular flexibility index (Phi) is 5.94. The Morgan fingerprint density at radius 3 is 2.69 bits per heavy atom. The van der Waals surface area contributed by atoms with Crippen molar-refractivity contribution in [3.8, 4) is 17.1 Å². The molecular formula is C22H29N3O. The molecule has 4 heteroatoms. The van der Waals surface area contributed by atoms with Crippen LogP contribution in [0.25, 0.3) is 22.2 Å². The maximum atomic E-state index is 5.71. The van der Waals surface area contributed by atoms with E-state index in [0.29, 0.717) is 11.8 Å². The van der Waals surface area contributed by atoms with Gasteiger partial charge in [-0.05, 0) is 67.5 Å². The van der Waals surface area contributed by atoms with Gasteiger partial charge in [0.15, 0.2) is 0 Å². The number of aryl methyl sites for hydroxylation is 1. The van der Waals surface area contributed by atoms with Crippen LogP contribution in [0.15, 0.2) is 36.5 Å². The van der Waals surface area contributed by atoms with Crippen molar-refractivity contribution in [3.05, 3.63) is 47.7 Å². The Bertz CT molecular complexity index is 852. The molecule has 1 aromatic carbocycles. The molecule has 0 fully saturated rings. The minimum atomic E-state index is 0.567. The summed E-state index contributed by atoms with van der Waals surface area (Å²) in [4.78, 5) is 8.00. The molecule has 3 aromatic rings. The topological polar surface area (TPSA) is 63.9 Å². The van der Waals surface area contributed by atoms with E-state index in [9.17, 15) is 0 Å². The van der Waals surface area contributed by atoms with Crippen molar-refractivity contribution in [2.24, 2.45) is 5.73 Å². The van der Waals surface area contributed by atoms with E-state index in [1.807, 2.05) is 12.3 Å². The molecular weight excluding hydrogens is 322 g/mol. The summed E-state index contributed by atoms with van der Waals surface area (Å²) in [6, 6.07) is 10.8. The molecule has 0 radical (unpaired) electrons. The summed E-state index contributed by atoms with van der Waals surface area (Å²) < 4.78 is 5.19. The first kappa shape index (κ1) is 18.5. The summed E-state index contributed by atoms with van der Waals surface area (Å²) in [5, 5.41) is 1.32. The lowest BCUT2D eigenvalue weighted by atomic mass is 9.95. The highest BCUT2D eigenvalue weighted by Gasteiger charge is 2.15. The molecule has 26 heavy (non-hydrogen) atoms. The number of hydrogen-bond donors (Lipinski definition) is 2. The predicted molar refractivity (Wildman–Crippen MR) is 109 cm³/mol. The predicted octanol–water partition coefficient (Wildman–Crippen LogP) is 5.03. The fraction of sp³-hybridized carbons (Fsp3) is 0.409. The van der Waals surface area contributed by atoms with Crippen LogP contribution in [-0.4, -0.2) is 23.6 Å². The number of nitrogens with zero attached hydrogens (tertiary/aromatic N) is 1. The van der Waals surface area contributed by atoms with E-state index in [0.717, 1.165) is 43.5 Å². The van der Waals surface area contributed by atoms with Gasteiger partial charge in [0.2, 0.25) is 5.88 Å². The number of unbranched alkanes of at least 4 members (excludes halogenated alkanes) is 1. The van der Waals surface area contributed by atoms with Crippen LogP contribution < -0.4 is 10.5 Å². The average Bonchev–Trinajstić information content (AvgIpc) is 3.05. The number of nitrogens with one attached hydrogen (secondary N) is 1. The van der Waals surface area contributed by atoms with E-state index >= 15 is 0 Å². The number of H-pyrrole nitrogens is 1. The van der Waals surface area contributed by atoms with Gasteiger partial charge < -0.3 is 15.5 Å². The van der Waals surface area contributed by atoms with Crippen molar-refractivity contribution in [1.29, 1.82) is 0 Å². The summed E-state index contributed by atoms with van der Waals surface area (Å²) >= 11 is 0. The third kappa shape index (κ3) is 3.75. The summed E-state index contributed by atoms with van der Waals surface area (Å²) in [7, 11) is 1.64. The lowest BCUT2D eigenvalue weighted by Crippen LogP contribution is -1.99. The third-order valence-corrected chi connectivity index (χ3v) is 5.23. The van der Waals surface area contributed by atoms with Gasteiger partial charge in [-0.3, -0.25) is 0 Å². The van der Waals surface area contributed by atoms with Crippen LogP contribution in [0, 0.1) is 0 Å². The number of hydrogen-bond acceptors (Lipinski definition) is 3. The minimum Gasteiger partial charge on any atom is -0.481 e. The second-order valence-corrected chi connectivity index (χ2v) is 6.93. The normalized spacial score (nSPS) is 12.5. The fourth-order valence-corrected chi connectivity index (χ4v) is 3.41. The maximum Gasteiger partial charge on any atom is 0.212 e. The van der Waals surface area contributed by atoms with Crippen LogP contribution in [0.3, 0.4) is 0 Å². The molecule has 0 amide bonds. The first-order valence-corrected chi connectivity index (χ1v) is 9.52. The van der Waals surface area contributed by atoms with Crippen molar-refractivity contribution in [3.63, 3.8) is 0 Å². The summed E-state index contributed by atoms with van der Waals surface area (Å²) in [5.74, 6) is 1.20. The van der Waals surface area contributed by atoms with Gasteiger partial charge in [-0.2, -0.15) is 0 Å². The zero-order valence-electron chi connectivity index (χ0n) is 16.0. The quantitative estimate of drug-likeness (QED) is 0.559. The Hall–Kier alpha value is -2.33. The molecule has 0 aliphatic carbocycles. The molecule has 2 aromatic heterocycles. The van der Waals surface area contributed by atoms with Gasteiger partial charge in [-0.1, -0.05) is 19.9 Å². The van der Waals surface area contributed by atoms with E-state index in [4.69, 9.17) is 10.5 Å². The van der Waals surface area contributed by atoms with Gasteiger partial charge in [0, 0.05) is 28.7 Å². The molecule has 0 saturated carbocycles. The number of rotatable bonds is 8.